The van der Waals surface area contributed by atoms with Gasteiger partial charge in [0.25, 0.3) is 0 Å². The fourth-order valence-electron chi connectivity index (χ4n) is 2.30. The third kappa shape index (κ3) is 1.13. The van der Waals surface area contributed by atoms with Gasteiger partial charge in [-0.1, -0.05) is 48.0 Å². The summed E-state index contributed by atoms with van der Waals surface area (Å²) in [5.74, 6) is 0. The molecule has 0 heterocycles. The first-order valence-corrected chi connectivity index (χ1v) is 5.15. The van der Waals surface area contributed by atoms with E-state index in [0.29, 0.717) is 0 Å². The predicted molar refractivity (Wildman–Crippen MR) is 60.7 cm³/mol. The van der Waals surface area contributed by atoms with Crippen LogP contribution in [-0.4, -0.2) is 5.11 Å². The van der Waals surface area contributed by atoms with E-state index in [1.807, 2.05) is 18.2 Å². The number of aliphatic hydroxyl groups is 1. The van der Waals surface area contributed by atoms with Crippen LogP contribution in [0.5, 0.6) is 0 Å². The molecule has 1 nitrogen and oxygen atoms in total. The fourth-order valence-corrected chi connectivity index (χ4v) is 2.30. The second kappa shape index (κ2) is 2.94. The monoisotopic (exact) mass is 196 g/mol. The number of hydrogen-bond donors (Lipinski definition) is 1. The van der Waals surface area contributed by atoms with Crippen molar-refractivity contribution in [3.8, 4) is 11.1 Å². The molecule has 0 spiro atoms. The van der Waals surface area contributed by atoms with Crippen molar-refractivity contribution in [1.29, 1.82) is 0 Å². The number of aryl methyl sites for hydroxylation is 1. The summed E-state index contributed by atoms with van der Waals surface area (Å²) in [7, 11) is 0. The predicted octanol–water partition coefficient (Wildman–Crippen LogP) is 3.06. The lowest BCUT2D eigenvalue weighted by Crippen LogP contribution is -1.93. The molecule has 1 aliphatic rings. The molecule has 1 heteroatoms. The Kier molecular flexibility index (Phi) is 1.70. The molecule has 0 radical (unpaired) electrons. The summed E-state index contributed by atoms with van der Waals surface area (Å²) in [5, 5.41) is 10.2. The molecule has 0 aromatic heterocycles. The van der Waals surface area contributed by atoms with Crippen LogP contribution < -0.4 is 0 Å². The molecule has 0 fully saturated rings. The Morgan fingerprint density at radius 2 is 1.67 bits per heavy atom. The zero-order chi connectivity index (χ0) is 10.4. The number of rotatable bonds is 0. The minimum atomic E-state index is -0.448. The average molecular weight is 196 g/mol. The Bertz CT molecular complexity index is 529. The van der Waals surface area contributed by atoms with Crippen molar-refractivity contribution in [3.63, 3.8) is 0 Å². The van der Waals surface area contributed by atoms with E-state index >= 15 is 0 Å². The second-order valence-corrected chi connectivity index (χ2v) is 4.08. The summed E-state index contributed by atoms with van der Waals surface area (Å²) in [6, 6.07) is 14.3. The van der Waals surface area contributed by atoms with Crippen LogP contribution in [0.2, 0.25) is 0 Å². The summed E-state index contributed by atoms with van der Waals surface area (Å²) < 4.78 is 0. The van der Waals surface area contributed by atoms with Gasteiger partial charge in [-0.05, 0) is 29.2 Å². The van der Waals surface area contributed by atoms with Crippen molar-refractivity contribution in [3.05, 3.63) is 59.2 Å². The van der Waals surface area contributed by atoms with Crippen molar-refractivity contribution in [2.75, 3.05) is 0 Å². The molecule has 1 N–H and O–H groups in total. The van der Waals surface area contributed by atoms with Crippen molar-refractivity contribution in [2.24, 2.45) is 0 Å². The molecule has 1 atom stereocenters. The highest BCUT2D eigenvalue weighted by Gasteiger charge is 2.25. The van der Waals surface area contributed by atoms with E-state index in [2.05, 4.69) is 31.2 Å². The van der Waals surface area contributed by atoms with E-state index < -0.39 is 6.10 Å². The van der Waals surface area contributed by atoms with Crippen LogP contribution in [0, 0.1) is 6.92 Å². The number of hydrogen-bond acceptors (Lipinski definition) is 1. The molecule has 2 aromatic rings. The Hall–Kier alpha value is -1.60. The van der Waals surface area contributed by atoms with E-state index in [-0.39, 0.29) is 0 Å². The van der Waals surface area contributed by atoms with Crippen molar-refractivity contribution in [2.45, 2.75) is 13.0 Å². The van der Waals surface area contributed by atoms with Gasteiger partial charge in [0.05, 0.1) is 0 Å². The smallest absolute Gasteiger partial charge is 0.105 e. The van der Waals surface area contributed by atoms with E-state index in [1.165, 1.54) is 16.7 Å². The van der Waals surface area contributed by atoms with Crippen molar-refractivity contribution in [1.82, 2.24) is 0 Å². The van der Waals surface area contributed by atoms with Crippen LogP contribution in [0.15, 0.2) is 42.5 Å². The average Bonchev–Trinajstić information content (AvgIpc) is 2.54. The highest BCUT2D eigenvalue weighted by molar-refractivity contribution is 5.78. The van der Waals surface area contributed by atoms with Crippen LogP contribution in [0.1, 0.15) is 22.8 Å². The Morgan fingerprint density at radius 1 is 0.933 bits per heavy atom. The van der Waals surface area contributed by atoms with Gasteiger partial charge in [-0.25, -0.2) is 0 Å². The van der Waals surface area contributed by atoms with E-state index in [1.54, 1.807) is 0 Å². The van der Waals surface area contributed by atoms with E-state index in [9.17, 15) is 5.11 Å². The zero-order valence-corrected chi connectivity index (χ0v) is 8.57. The number of fused-ring (bicyclic) bond motifs is 3. The maximum atomic E-state index is 10.2. The van der Waals surface area contributed by atoms with Gasteiger partial charge in [-0.15, -0.1) is 0 Å². The molecule has 0 aliphatic heterocycles. The van der Waals surface area contributed by atoms with Gasteiger partial charge in [-0.3, -0.25) is 0 Å². The largest absolute Gasteiger partial charge is 0.384 e. The first-order valence-electron chi connectivity index (χ1n) is 5.15. The molecule has 1 aliphatic carbocycles. The van der Waals surface area contributed by atoms with E-state index in [4.69, 9.17) is 0 Å². The Morgan fingerprint density at radius 3 is 2.53 bits per heavy atom. The van der Waals surface area contributed by atoms with Crippen LogP contribution in [0.25, 0.3) is 11.1 Å². The van der Waals surface area contributed by atoms with Gasteiger partial charge in [-0.2, -0.15) is 0 Å². The van der Waals surface area contributed by atoms with E-state index in [0.717, 1.165) is 11.1 Å². The normalized spacial score (nSPS) is 17.3. The molecule has 74 valence electrons. The molecule has 15 heavy (non-hydrogen) atoms. The lowest BCUT2D eigenvalue weighted by molar-refractivity contribution is 0.225. The Balaban J connectivity index is 2.32. The van der Waals surface area contributed by atoms with Gasteiger partial charge in [0.1, 0.15) is 6.10 Å². The number of benzene rings is 2. The standard InChI is InChI=1S/C14H12O/c1-9-6-7-11-10-4-2-3-5-12(10)14(15)13(11)8-9/h2-8,14-15H,1H3. The first-order chi connectivity index (χ1) is 7.27. The van der Waals surface area contributed by atoms with Crippen LogP contribution in [0.3, 0.4) is 0 Å². The summed E-state index contributed by atoms with van der Waals surface area (Å²) in [6.45, 7) is 2.05. The third-order valence-electron chi connectivity index (χ3n) is 3.05. The molecule has 0 saturated heterocycles. The van der Waals surface area contributed by atoms with Gasteiger partial charge in [0, 0.05) is 0 Å². The van der Waals surface area contributed by atoms with Gasteiger partial charge < -0.3 is 5.11 Å². The number of aliphatic hydroxyl groups excluding tert-OH is 1. The Labute approximate surface area is 89.0 Å². The molecule has 0 saturated carbocycles. The lowest BCUT2D eigenvalue weighted by Gasteiger charge is -2.05. The highest BCUT2D eigenvalue weighted by Crippen LogP contribution is 2.43. The SMILES string of the molecule is Cc1ccc2c(c1)C(O)c1ccccc1-2. The van der Waals surface area contributed by atoms with Crippen LogP contribution in [0.4, 0.5) is 0 Å². The minimum Gasteiger partial charge on any atom is -0.384 e. The van der Waals surface area contributed by atoms with Crippen molar-refractivity contribution >= 4 is 0 Å². The van der Waals surface area contributed by atoms with Gasteiger partial charge in [0.2, 0.25) is 0 Å². The molecule has 0 bridgehead atoms. The topological polar surface area (TPSA) is 20.2 Å². The fraction of sp³-hybridized carbons (Fsp3) is 0.143. The second-order valence-electron chi connectivity index (χ2n) is 4.08. The lowest BCUT2D eigenvalue weighted by atomic mass is 10.0. The summed E-state index contributed by atoms with van der Waals surface area (Å²) in [4.78, 5) is 0. The molecule has 1 unspecified atom stereocenters. The third-order valence-corrected chi connectivity index (χ3v) is 3.05. The quantitative estimate of drug-likeness (QED) is 0.686. The molecular weight excluding hydrogens is 184 g/mol. The first kappa shape index (κ1) is 8.69. The summed E-state index contributed by atoms with van der Waals surface area (Å²) >= 11 is 0. The zero-order valence-electron chi connectivity index (χ0n) is 8.57. The minimum absolute atomic E-state index is 0.448. The van der Waals surface area contributed by atoms with Crippen molar-refractivity contribution < 1.29 is 5.11 Å². The molecule has 0 amide bonds. The van der Waals surface area contributed by atoms with Gasteiger partial charge in [0.15, 0.2) is 0 Å². The van der Waals surface area contributed by atoms with Crippen LogP contribution in [-0.2, 0) is 0 Å². The molecule has 2 aromatic carbocycles. The molecular formula is C14H12O. The maximum absolute atomic E-state index is 10.2. The molecule has 3 rings (SSSR count). The highest BCUT2D eigenvalue weighted by atomic mass is 16.3. The summed E-state index contributed by atoms with van der Waals surface area (Å²) in [5.41, 5.74) is 5.60. The van der Waals surface area contributed by atoms with Gasteiger partial charge >= 0.3 is 0 Å². The van der Waals surface area contributed by atoms with Crippen LogP contribution >= 0.6 is 0 Å². The maximum Gasteiger partial charge on any atom is 0.105 e. The summed E-state index contributed by atoms with van der Waals surface area (Å²) in [6.07, 6.45) is -0.448.